The zero-order valence-corrected chi connectivity index (χ0v) is 7.32. The third-order valence-corrected chi connectivity index (χ3v) is 1.91. The van der Waals surface area contributed by atoms with Gasteiger partial charge in [0.15, 0.2) is 0 Å². The highest BCUT2D eigenvalue weighted by Crippen LogP contribution is 2.20. The van der Waals surface area contributed by atoms with Crippen molar-refractivity contribution in [3.63, 3.8) is 0 Å². The fraction of sp³-hybridized carbons (Fsp3) is 0.200. The number of fused-ring (bicyclic) bond motifs is 1. The minimum absolute atomic E-state index is 0.166. The van der Waals surface area contributed by atoms with Crippen LogP contribution in [0, 0.1) is 0 Å². The van der Waals surface area contributed by atoms with Gasteiger partial charge in [0.2, 0.25) is 0 Å². The number of carbonyl (C=O) groups excluding carboxylic acids is 1. The van der Waals surface area contributed by atoms with E-state index in [9.17, 15) is 4.79 Å². The predicted molar refractivity (Wildman–Crippen MR) is 50.2 cm³/mol. The van der Waals surface area contributed by atoms with Gasteiger partial charge in [-0.15, -0.1) is 0 Å². The SMILES string of the molecule is CC(=O)Cc1ccc2c(c1)[N]N=C2. The van der Waals surface area contributed by atoms with Crippen molar-refractivity contribution in [1.29, 1.82) is 0 Å². The Bertz CT molecular complexity index is 383. The molecule has 0 N–H and O–H groups in total. The molecule has 0 fully saturated rings. The lowest BCUT2D eigenvalue weighted by Crippen LogP contribution is -1.96. The van der Waals surface area contributed by atoms with E-state index in [1.165, 1.54) is 0 Å². The fourth-order valence-corrected chi connectivity index (χ4v) is 1.34. The largest absolute Gasteiger partial charge is 0.300 e. The van der Waals surface area contributed by atoms with Gasteiger partial charge in [-0.3, -0.25) is 4.79 Å². The van der Waals surface area contributed by atoms with E-state index in [0.717, 1.165) is 16.8 Å². The summed E-state index contributed by atoms with van der Waals surface area (Å²) in [5, 5.41) is 3.79. The van der Waals surface area contributed by atoms with Crippen LogP contribution in [0.5, 0.6) is 0 Å². The number of nitrogens with zero attached hydrogens (tertiary/aromatic N) is 2. The maximum Gasteiger partial charge on any atom is 0.134 e. The van der Waals surface area contributed by atoms with Crippen molar-refractivity contribution in [1.82, 2.24) is 5.43 Å². The lowest BCUT2D eigenvalue weighted by atomic mass is 10.1. The zero-order valence-electron chi connectivity index (χ0n) is 7.32. The molecule has 3 heteroatoms. The smallest absolute Gasteiger partial charge is 0.134 e. The highest BCUT2D eigenvalue weighted by molar-refractivity contribution is 5.89. The molecular weight excluding hydrogens is 164 g/mol. The number of carbonyl (C=O) groups is 1. The van der Waals surface area contributed by atoms with Crippen LogP contribution < -0.4 is 5.43 Å². The van der Waals surface area contributed by atoms with Crippen LogP contribution >= 0.6 is 0 Å². The molecule has 2 rings (SSSR count). The van der Waals surface area contributed by atoms with Crippen molar-refractivity contribution in [2.45, 2.75) is 13.3 Å². The Balaban J connectivity index is 2.28. The lowest BCUT2D eigenvalue weighted by Gasteiger charge is -2.00. The fourth-order valence-electron chi connectivity index (χ4n) is 1.34. The van der Waals surface area contributed by atoms with E-state index in [0.29, 0.717) is 6.42 Å². The minimum atomic E-state index is 0.166. The van der Waals surface area contributed by atoms with E-state index in [1.807, 2.05) is 18.2 Å². The topological polar surface area (TPSA) is 43.5 Å². The summed E-state index contributed by atoms with van der Waals surface area (Å²) in [4.78, 5) is 10.9. The Hall–Kier alpha value is -1.64. The molecule has 0 amide bonds. The van der Waals surface area contributed by atoms with E-state index >= 15 is 0 Å². The van der Waals surface area contributed by atoms with Crippen LogP contribution in [0.1, 0.15) is 18.1 Å². The monoisotopic (exact) mass is 173 g/mol. The molecule has 13 heavy (non-hydrogen) atoms. The first-order valence-electron chi connectivity index (χ1n) is 4.12. The van der Waals surface area contributed by atoms with Gasteiger partial charge in [0.05, 0.1) is 11.9 Å². The summed E-state index contributed by atoms with van der Waals surface area (Å²) < 4.78 is 0. The molecule has 1 radical (unpaired) electrons. The molecule has 0 unspecified atom stereocenters. The average Bonchev–Trinajstić information content (AvgIpc) is 2.49. The van der Waals surface area contributed by atoms with Gasteiger partial charge in [-0.1, -0.05) is 12.1 Å². The van der Waals surface area contributed by atoms with Crippen LogP contribution in [-0.2, 0) is 11.2 Å². The second-order valence-corrected chi connectivity index (χ2v) is 3.12. The van der Waals surface area contributed by atoms with Crippen LogP contribution in [0.15, 0.2) is 23.3 Å². The summed E-state index contributed by atoms with van der Waals surface area (Å²) in [5.74, 6) is 0.166. The first kappa shape index (κ1) is 7.98. The number of Topliss-reactive ketones (excluding diaryl/α,β-unsaturated/α-hetero) is 1. The Kier molecular flexibility index (Phi) is 1.85. The average molecular weight is 173 g/mol. The number of benzene rings is 1. The molecule has 0 spiro atoms. The van der Waals surface area contributed by atoms with Crippen molar-refractivity contribution in [3.8, 4) is 0 Å². The molecule has 0 atom stereocenters. The van der Waals surface area contributed by atoms with Crippen LogP contribution in [-0.4, -0.2) is 12.0 Å². The van der Waals surface area contributed by atoms with Gasteiger partial charge in [0, 0.05) is 12.0 Å². The first-order chi connectivity index (χ1) is 6.25. The highest BCUT2D eigenvalue weighted by atomic mass is 16.1. The van der Waals surface area contributed by atoms with Crippen molar-refractivity contribution < 1.29 is 4.79 Å². The standard InChI is InChI=1S/C10H9N2O/c1-7(13)4-8-2-3-9-6-11-12-10(9)5-8/h2-3,5-6H,4H2,1H3. The van der Waals surface area contributed by atoms with Gasteiger partial charge in [-0.25, -0.2) is 0 Å². The van der Waals surface area contributed by atoms with Crippen molar-refractivity contribution in [2.75, 3.05) is 0 Å². The third-order valence-electron chi connectivity index (χ3n) is 1.91. The molecule has 0 bridgehead atoms. The summed E-state index contributed by atoms with van der Waals surface area (Å²) in [6, 6.07) is 5.78. The van der Waals surface area contributed by atoms with Crippen LogP contribution in [0.2, 0.25) is 0 Å². The van der Waals surface area contributed by atoms with Crippen LogP contribution in [0.4, 0.5) is 5.69 Å². The van der Waals surface area contributed by atoms with E-state index in [4.69, 9.17) is 0 Å². The van der Waals surface area contributed by atoms with Gasteiger partial charge in [0.25, 0.3) is 0 Å². The van der Waals surface area contributed by atoms with Gasteiger partial charge in [-0.2, -0.15) is 10.5 Å². The molecule has 0 aromatic heterocycles. The normalized spacial score (nSPS) is 12.4. The minimum Gasteiger partial charge on any atom is -0.300 e. The quantitative estimate of drug-likeness (QED) is 0.666. The Morgan fingerprint density at radius 1 is 1.46 bits per heavy atom. The van der Waals surface area contributed by atoms with E-state index in [2.05, 4.69) is 10.5 Å². The second-order valence-electron chi connectivity index (χ2n) is 3.12. The lowest BCUT2D eigenvalue weighted by molar-refractivity contribution is -0.116. The number of rotatable bonds is 2. The maximum atomic E-state index is 10.9. The Labute approximate surface area is 76.5 Å². The number of hydrogen-bond acceptors (Lipinski definition) is 2. The molecule has 0 saturated carbocycles. The van der Waals surface area contributed by atoms with E-state index in [1.54, 1.807) is 13.1 Å². The van der Waals surface area contributed by atoms with E-state index in [-0.39, 0.29) is 5.78 Å². The van der Waals surface area contributed by atoms with E-state index < -0.39 is 0 Å². The van der Waals surface area contributed by atoms with Gasteiger partial charge >= 0.3 is 0 Å². The summed E-state index contributed by atoms with van der Waals surface area (Å²) in [5.41, 5.74) is 6.81. The molecule has 1 aliphatic rings. The highest BCUT2D eigenvalue weighted by Gasteiger charge is 2.08. The molecule has 1 aromatic carbocycles. The summed E-state index contributed by atoms with van der Waals surface area (Å²) in [7, 11) is 0. The second kappa shape index (κ2) is 3.01. The predicted octanol–water partition coefficient (Wildman–Crippen LogP) is 1.40. The van der Waals surface area contributed by atoms with Gasteiger partial charge in [-0.05, 0) is 18.6 Å². The molecule has 3 nitrogen and oxygen atoms in total. The number of ketones is 1. The molecule has 1 aromatic rings. The zero-order chi connectivity index (χ0) is 9.26. The summed E-state index contributed by atoms with van der Waals surface area (Å²) >= 11 is 0. The summed E-state index contributed by atoms with van der Waals surface area (Å²) in [6.45, 7) is 1.58. The Morgan fingerprint density at radius 2 is 2.31 bits per heavy atom. The third kappa shape index (κ3) is 1.59. The maximum absolute atomic E-state index is 10.9. The molecule has 65 valence electrons. The molecule has 0 aliphatic carbocycles. The molecular formula is C10H9N2O. The van der Waals surface area contributed by atoms with Gasteiger partial charge in [0.1, 0.15) is 5.78 Å². The van der Waals surface area contributed by atoms with Gasteiger partial charge < -0.3 is 0 Å². The van der Waals surface area contributed by atoms with Crippen LogP contribution in [0.3, 0.4) is 0 Å². The molecule has 0 saturated heterocycles. The van der Waals surface area contributed by atoms with Crippen molar-refractivity contribution in [3.05, 3.63) is 29.3 Å². The first-order valence-corrected chi connectivity index (χ1v) is 4.12. The number of hydrogen-bond donors (Lipinski definition) is 0. The summed E-state index contributed by atoms with van der Waals surface area (Å²) in [6.07, 6.45) is 2.19. The molecule has 1 aliphatic heterocycles. The Morgan fingerprint density at radius 3 is 3.08 bits per heavy atom. The van der Waals surface area contributed by atoms with Crippen molar-refractivity contribution >= 4 is 17.7 Å². The van der Waals surface area contributed by atoms with Crippen LogP contribution in [0.25, 0.3) is 0 Å². The molecule has 1 heterocycles. The van der Waals surface area contributed by atoms with Crippen molar-refractivity contribution in [2.24, 2.45) is 5.10 Å².